The summed E-state index contributed by atoms with van der Waals surface area (Å²) in [7, 11) is 0. The highest BCUT2D eigenvalue weighted by molar-refractivity contribution is 5.89. The van der Waals surface area contributed by atoms with Gasteiger partial charge in [-0.3, -0.25) is 4.79 Å². The maximum atomic E-state index is 11.4. The van der Waals surface area contributed by atoms with E-state index in [9.17, 15) is 15.0 Å². The van der Waals surface area contributed by atoms with E-state index in [1.165, 1.54) is 0 Å². The van der Waals surface area contributed by atoms with Gasteiger partial charge >= 0.3 is 0 Å². The largest absolute Gasteiger partial charge is 0.390 e. The molecule has 0 bridgehead atoms. The third-order valence-electron chi connectivity index (χ3n) is 3.34. The van der Waals surface area contributed by atoms with E-state index in [1.54, 1.807) is 6.92 Å². The highest BCUT2D eigenvalue weighted by Crippen LogP contribution is 2.45. The SMILES string of the molecule is CC1(O)CCC2(O)C(=O)COCC12. The van der Waals surface area contributed by atoms with Crippen molar-refractivity contribution in [2.24, 2.45) is 5.92 Å². The van der Waals surface area contributed by atoms with Crippen molar-refractivity contribution in [3.8, 4) is 0 Å². The molecule has 0 radical (unpaired) electrons. The van der Waals surface area contributed by atoms with Gasteiger partial charge in [0.25, 0.3) is 0 Å². The van der Waals surface area contributed by atoms with Crippen molar-refractivity contribution in [2.75, 3.05) is 13.2 Å². The summed E-state index contributed by atoms with van der Waals surface area (Å²) in [5, 5.41) is 19.9. The van der Waals surface area contributed by atoms with Crippen LogP contribution in [0.5, 0.6) is 0 Å². The van der Waals surface area contributed by atoms with Crippen molar-refractivity contribution in [3.63, 3.8) is 0 Å². The van der Waals surface area contributed by atoms with Crippen LogP contribution in [0.25, 0.3) is 0 Å². The number of carbonyl (C=O) groups is 1. The molecule has 4 heteroatoms. The second kappa shape index (κ2) is 2.53. The fourth-order valence-electron chi connectivity index (χ4n) is 2.35. The topological polar surface area (TPSA) is 66.8 Å². The van der Waals surface area contributed by atoms with Crippen LogP contribution in [-0.4, -0.2) is 40.4 Å². The average Bonchev–Trinajstić information content (AvgIpc) is 2.29. The molecule has 4 nitrogen and oxygen atoms in total. The third kappa shape index (κ3) is 1.13. The first-order valence-corrected chi connectivity index (χ1v) is 4.52. The van der Waals surface area contributed by atoms with Crippen molar-refractivity contribution >= 4 is 5.78 Å². The first-order valence-electron chi connectivity index (χ1n) is 4.52. The minimum atomic E-state index is -1.33. The molecule has 1 aliphatic heterocycles. The lowest BCUT2D eigenvalue weighted by molar-refractivity contribution is -0.170. The zero-order valence-electron chi connectivity index (χ0n) is 7.62. The van der Waals surface area contributed by atoms with Crippen LogP contribution in [0.15, 0.2) is 0 Å². The fourth-order valence-corrected chi connectivity index (χ4v) is 2.35. The van der Waals surface area contributed by atoms with Crippen molar-refractivity contribution in [2.45, 2.75) is 31.0 Å². The Balaban J connectivity index is 2.33. The van der Waals surface area contributed by atoms with Gasteiger partial charge in [0, 0.05) is 5.92 Å². The second-order valence-corrected chi connectivity index (χ2v) is 4.27. The van der Waals surface area contributed by atoms with Gasteiger partial charge < -0.3 is 14.9 Å². The normalized spacial score (nSPS) is 50.7. The Kier molecular flexibility index (Phi) is 1.77. The molecule has 3 unspecified atom stereocenters. The molecule has 1 saturated heterocycles. The third-order valence-corrected chi connectivity index (χ3v) is 3.34. The molecular weight excluding hydrogens is 172 g/mol. The number of carbonyl (C=O) groups excluding carboxylic acids is 1. The van der Waals surface area contributed by atoms with E-state index in [0.717, 1.165) is 0 Å². The van der Waals surface area contributed by atoms with Crippen LogP contribution in [0.2, 0.25) is 0 Å². The number of aliphatic hydroxyl groups is 2. The number of hydrogen-bond donors (Lipinski definition) is 2. The Labute approximate surface area is 76.5 Å². The molecule has 0 amide bonds. The molecule has 0 aromatic rings. The summed E-state index contributed by atoms with van der Waals surface area (Å²) in [5.74, 6) is -0.747. The number of rotatable bonds is 0. The Morgan fingerprint density at radius 3 is 2.77 bits per heavy atom. The van der Waals surface area contributed by atoms with E-state index in [0.29, 0.717) is 12.8 Å². The summed E-state index contributed by atoms with van der Waals surface area (Å²) in [5.41, 5.74) is -2.30. The van der Waals surface area contributed by atoms with Gasteiger partial charge in [0.15, 0.2) is 5.78 Å². The smallest absolute Gasteiger partial charge is 0.190 e. The summed E-state index contributed by atoms with van der Waals surface area (Å²) in [4.78, 5) is 11.4. The standard InChI is InChI=1S/C9H14O4/c1-8(11)2-3-9(12)6(8)4-13-5-7(9)10/h6,11-12H,2-5H2,1H3. The molecule has 0 aromatic heterocycles. The quantitative estimate of drug-likeness (QED) is 0.534. The summed E-state index contributed by atoms with van der Waals surface area (Å²) in [6.45, 7) is 1.90. The van der Waals surface area contributed by atoms with Gasteiger partial charge in [0.2, 0.25) is 0 Å². The Bertz CT molecular complexity index is 248. The van der Waals surface area contributed by atoms with Crippen LogP contribution in [-0.2, 0) is 9.53 Å². The lowest BCUT2D eigenvalue weighted by Crippen LogP contribution is -2.55. The zero-order chi connectivity index (χ0) is 9.69. The van der Waals surface area contributed by atoms with Crippen LogP contribution in [0.1, 0.15) is 19.8 Å². The number of hydrogen-bond acceptors (Lipinski definition) is 4. The van der Waals surface area contributed by atoms with Gasteiger partial charge in [-0.1, -0.05) is 0 Å². The number of Topliss-reactive ketones (excluding diaryl/α,β-unsaturated/α-hetero) is 1. The highest BCUT2D eigenvalue weighted by Gasteiger charge is 2.58. The van der Waals surface area contributed by atoms with Gasteiger partial charge in [-0.25, -0.2) is 0 Å². The Morgan fingerprint density at radius 2 is 2.15 bits per heavy atom. The van der Waals surface area contributed by atoms with Crippen molar-refractivity contribution in [1.29, 1.82) is 0 Å². The van der Waals surface area contributed by atoms with E-state index in [2.05, 4.69) is 0 Å². The Hall–Kier alpha value is -0.450. The fraction of sp³-hybridized carbons (Fsp3) is 0.889. The summed E-state index contributed by atoms with van der Waals surface area (Å²) in [6.07, 6.45) is 0.816. The maximum Gasteiger partial charge on any atom is 0.190 e. The molecule has 3 atom stereocenters. The Morgan fingerprint density at radius 1 is 1.46 bits per heavy atom. The van der Waals surface area contributed by atoms with Gasteiger partial charge in [-0.05, 0) is 19.8 Å². The number of fused-ring (bicyclic) bond motifs is 1. The first kappa shape index (κ1) is 9.12. The molecule has 1 heterocycles. The lowest BCUT2D eigenvalue weighted by atomic mass is 9.80. The molecule has 0 spiro atoms. The number of ketones is 1. The molecular formula is C9H14O4. The molecule has 1 saturated carbocycles. The van der Waals surface area contributed by atoms with E-state index in [1.807, 2.05) is 0 Å². The van der Waals surface area contributed by atoms with Gasteiger partial charge in [-0.15, -0.1) is 0 Å². The minimum Gasteiger partial charge on any atom is -0.390 e. The molecule has 74 valence electrons. The molecule has 2 N–H and O–H groups in total. The van der Waals surface area contributed by atoms with Gasteiger partial charge in [0.1, 0.15) is 12.2 Å². The van der Waals surface area contributed by atoms with E-state index >= 15 is 0 Å². The van der Waals surface area contributed by atoms with E-state index in [-0.39, 0.29) is 19.0 Å². The van der Waals surface area contributed by atoms with Crippen molar-refractivity contribution in [3.05, 3.63) is 0 Å². The summed E-state index contributed by atoms with van der Waals surface area (Å²) in [6, 6.07) is 0. The van der Waals surface area contributed by atoms with Crippen LogP contribution in [0.4, 0.5) is 0 Å². The molecule has 13 heavy (non-hydrogen) atoms. The van der Waals surface area contributed by atoms with Crippen molar-refractivity contribution in [1.82, 2.24) is 0 Å². The van der Waals surface area contributed by atoms with Crippen LogP contribution in [0, 0.1) is 5.92 Å². The van der Waals surface area contributed by atoms with Crippen molar-refractivity contribution < 1.29 is 19.7 Å². The molecule has 2 rings (SSSR count). The first-order chi connectivity index (χ1) is 5.97. The molecule has 1 aliphatic carbocycles. The number of ether oxygens (including phenoxy) is 1. The lowest BCUT2D eigenvalue weighted by Gasteiger charge is -2.37. The predicted octanol–water partition coefficient (Wildman–Crippen LogP) is -0.522. The van der Waals surface area contributed by atoms with E-state index in [4.69, 9.17) is 4.74 Å². The maximum absolute atomic E-state index is 11.4. The second-order valence-electron chi connectivity index (χ2n) is 4.27. The summed E-state index contributed by atoms with van der Waals surface area (Å²) < 4.78 is 5.03. The van der Waals surface area contributed by atoms with Crippen LogP contribution >= 0.6 is 0 Å². The molecule has 0 aromatic carbocycles. The van der Waals surface area contributed by atoms with Gasteiger partial charge in [-0.2, -0.15) is 0 Å². The minimum absolute atomic E-state index is 0.0247. The highest BCUT2D eigenvalue weighted by atomic mass is 16.5. The average molecular weight is 186 g/mol. The molecule has 2 fully saturated rings. The van der Waals surface area contributed by atoms with Crippen LogP contribution in [0.3, 0.4) is 0 Å². The van der Waals surface area contributed by atoms with Crippen LogP contribution < -0.4 is 0 Å². The zero-order valence-corrected chi connectivity index (χ0v) is 7.62. The monoisotopic (exact) mass is 186 g/mol. The summed E-state index contributed by atoms with van der Waals surface area (Å²) >= 11 is 0. The van der Waals surface area contributed by atoms with Gasteiger partial charge in [0.05, 0.1) is 12.2 Å². The predicted molar refractivity (Wildman–Crippen MR) is 44.1 cm³/mol. The molecule has 2 aliphatic rings. The van der Waals surface area contributed by atoms with E-state index < -0.39 is 17.1 Å².